The first kappa shape index (κ1) is 16.3. The second-order valence-electron chi connectivity index (χ2n) is 6.25. The molecule has 0 unspecified atom stereocenters. The van der Waals surface area contributed by atoms with E-state index in [0.717, 1.165) is 17.9 Å². The van der Waals surface area contributed by atoms with Crippen LogP contribution in [0.5, 0.6) is 5.75 Å². The Balaban J connectivity index is 1.66. The molecule has 1 aliphatic carbocycles. The Morgan fingerprint density at radius 1 is 1.12 bits per heavy atom. The van der Waals surface area contributed by atoms with Crippen molar-refractivity contribution in [1.29, 1.82) is 0 Å². The number of carbonyl (C=O) groups is 1. The highest BCUT2D eigenvalue weighted by molar-refractivity contribution is 5.91. The third-order valence-corrected chi connectivity index (χ3v) is 4.24. The quantitative estimate of drug-likeness (QED) is 0.717. The first-order chi connectivity index (χ1) is 11.7. The van der Waals surface area contributed by atoms with E-state index in [1.54, 1.807) is 13.2 Å². The van der Waals surface area contributed by atoms with Crippen LogP contribution in [-0.4, -0.2) is 24.5 Å². The van der Waals surface area contributed by atoms with Crippen LogP contribution in [-0.2, 0) is 11.3 Å². The van der Waals surface area contributed by atoms with E-state index in [2.05, 4.69) is 12.1 Å². The molecule has 0 atom stereocenters. The number of amides is 1. The standard InChI is InChI=1S/C21H23NO2/c1-24-20-12-9-17(10-13-20)11-14-21(23)22(16-19-7-8-19)15-18-5-3-2-4-6-18/h2-6,9-14,19H,7-8,15-16H2,1H3. The molecule has 3 rings (SSSR count). The molecular formula is C21H23NO2. The molecule has 3 heteroatoms. The summed E-state index contributed by atoms with van der Waals surface area (Å²) in [5.74, 6) is 1.56. The molecule has 0 spiro atoms. The molecule has 1 amide bonds. The van der Waals surface area contributed by atoms with Crippen LogP contribution in [0.4, 0.5) is 0 Å². The molecule has 0 N–H and O–H groups in total. The van der Waals surface area contributed by atoms with E-state index in [1.807, 2.05) is 53.4 Å². The lowest BCUT2D eigenvalue weighted by Crippen LogP contribution is -2.31. The largest absolute Gasteiger partial charge is 0.497 e. The number of hydrogen-bond acceptors (Lipinski definition) is 2. The zero-order valence-electron chi connectivity index (χ0n) is 14.0. The van der Waals surface area contributed by atoms with Gasteiger partial charge in [0, 0.05) is 19.2 Å². The van der Waals surface area contributed by atoms with Gasteiger partial charge in [0.1, 0.15) is 5.75 Å². The molecule has 0 bridgehead atoms. The zero-order valence-corrected chi connectivity index (χ0v) is 14.0. The van der Waals surface area contributed by atoms with Gasteiger partial charge in [-0.3, -0.25) is 4.79 Å². The van der Waals surface area contributed by atoms with E-state index in [1.165, 1.54) is 18.4 Å². The lowest BCUT2D eigenvalue weighted by atomic mass is 10.2. The number of methoxy groups -OCH3 is 1. The summed E-state index contributed by atoms with van der Waals surface area (Å²) in [5, 5.41) is 0. The van der Waals surface area contributed by atoms with Gasteiger partial charge < -0.3 is 9.64 Å². The van der Waals surface area contributed by atoms with Crippen LogP contribution in [0.25, 0.3) is 6.08 Å². The summed E-state index contributed by atoms with van der Waals surface area (Å²) >= 11 is 0. The van der Waals surface area contributed by atoms with Gasteiger partial charge in [0.05, 0.1) is 7.11 Å². The van der Waals surface area contributed by atoms with Crippen molar-refractivity contribution in [3.05, 3.63) is 71.8 Å². The average molecular weight is 321 g/mol. The van der Waals surface area contributed by atoms with Crippen molar-refractivity contribution in [2.45, 2.75) is 19.4 Å². The van der Waals surface area contributed by atoms with Gasteiger partial charge in [0.2, 0.25) is 5.91 Å². The molecule has 1 aliphatic rings. The normalized spacial score (nSPS) is 13.9. The number of hydrogen-bond donors (Lipinski definition) is 0. The molecule has 0 radical (unpaired) electrons. The molecule has 0 aliphatic heterocycles. The Morgan fingerprint density at radius 2 is 1.83 bits per heavy atom. The number of rotatable bonds is 7. The SMILES string of the molecule is COc1ccc(C=CC(=O)N(Cc2ccccc2)CC2CC2)cc1. The van der Waals surface area contributed by atoms with Crippen molar-refractivity contribution in [2.75, 3.05) is 13.7 Å². The van der Waals surface area contributed by atoms with Crippen molar-refractivity contribution < 1.29 is 9.53 Å². The van der Waals surface area contributed by atoms with Gasteiger partial charge in [-0.1, -0.05) is 42.5 Å². The number of benzene rings is 2. The molecule has 1 saturated carbocycles. The maximum Gasteiger partial charge on any atom is 0.246 e. The predicted molar refractivity (Wildman–Crippen MR) is 96.6 cm³/mol. The van der Waals surface area contributed by atoms with E-state index in [9.17, 15) is 4.79 Å². The van der Waals surface area contributed by atoms with Gasteiger partial charge in [-0.2, -0.15) is 0 Å². The third kappa shape index (κ3) is 4.72. The fourth-order valence-corrected chi connectivity index (χ4v) is 2.64. The fraction of sp³-hybridized carbons (Fsp3) is 0.286. The van der Waals surface area contributed by atoms with Gasteiger partial charge in [-0.25, -0.2) is 0 Å². The smallest absolute Gasteiger partial charge is 0.246 e. The first-order valence-corrected chi connectivity index (χ1v) is 8.39. The van der Waals surface area contributed by atoms with Crippen LogP contribution in [0.2, 0.25) is 0 Å². The van der Waals surface area contributed by atoms with Crippen molar-refractivity contribution in [3.8, 4) is 5.75 Å². The predicted octanol–water partition coefficient (Wildman–Crippen LogP) is 4.15. The lowest BCUT2D eigenvalue weighted by Gasteiger charge is -2.21. The summed E-state index contributed by atoms with van der Waals surface area (Å²) < 4.78 is 5.15. The van der Waals surface area contributed by atoms with Gasteiger partial charge in [0.15, 0.2) is 0 Å². The molecule has 0 aromatic heterocycles. The summed E-state index contributed by atoms with van der Waals surface area (Å²) in [6.45, 7) is 1.52. The summed E-state index contributed by atoms with van der Waals surface area (Å²) in [7, 11) is 1.65. The van der Waals surface area contributed by atoms with E-state index in [4.69, 9.17) is 4.74 Å². The van der Waals surface area contributed by atoms with E-state index < -0.39 is 0 Å². The minimum absolute atomic E-state index is 0.0709. The number of ether oxygens (including phenoxy) is 1. The minimum Gasteiger partial charge on any atom is -0.497 e. The molecule has 24 heavy (non-hydrogen) atoms. The Bertz CT molecular complexity index is 688. The van der Waals surface area contributed by atoms with E-state index >= 15 is 0 Å². The Kier molecular flexibility index (Phi) is 5.32. The summed E-state index contributed by atoms with van der Waals surface area (Å²) in [6.07, 6.45) is 6.02. The highest BCUT2D eigenvalue weighted by Crippen LogP contribution is 2.30. The molecule has 1 fully saturated rings. The van der Waals surface area contributed by atoms with Crippen molar-refractivity contribution in [2.24, 2.45) is 5.92 Å². The van der Waals surface area contributed by atoms with Crippen LogP contribution in [0, 0.1) is 5.92 Å². The van der Waals surface area contributed by atoms with Crippen molar-refractivity contribution in [1.82, 2.24) is 4.90 Å². The summed E-state index contributed by atoms with van der Waals surface area (Å²) in [4.78, 5) is 14.6. The van der Waals surface area contributed by atoms with Crippen LogP contribution >= 0.6 is 0 Å². The summed E-state index contributed by atoms with van der Waals surface area (Å²) in [5.41, 5.74) is 2.17. The lowest BCUT2D eigenvalue weighted by molar-refractivity contribution is -0.126. The van der Waals surface area contributed by atoms with Crippen LogP contribution < -0.4 is 4.74 Å². The second-order valence-corrected chi connectivity index (χ2v) is 6.25. The maximum absolute atomic E-state index is 12.6. The van der Waals surface area contributed by atoms with Crippen molar-refractivity contribution >= 4 is 12.0 Å². The second kappa shape index (κ2) is 7.82. The number of nitrogens with zero attached hydrogens (tertiary/aromatic N) is 1. The van der Waals surface area contributed by atoms with Crippen LogP contribution in [0.1, 0.15) is 24.0 Å². The van der Waals surface area contributed by atoms with Crippen LogP contribution in [0.3, 0.4) is 0 Å². The Hall–Kier alpha value is -2.55. The highest BCUT2D eigenvalue weighted by atomic mass is 16.5. The zero-order chi connectivity index (χ0) is 16.8. The molecule has 0 heterocycles. The van der Waals surface area contributed by atoms with Crippen molar-refractivity contribution in [3.63, 3.8) is 0 Å². The van der Waals surface area contributed by atoms with Gasteiger partial charge in [-0.15, -0.1) is 0 Å². The minimum atomic E-state index is 0.0709. The fourth-order valence-electron chi connectivity index (χ4n) is 2.64. The molecular weight excluding hydrogens is 298 g/mol. The molecule has 124 valence electrons. The van der Waals surface area contributed by atoms with Gasteiger partial charge in [-0.05, 0) is 48.1 Å². The average Bonchev–Trinajstić information content (AvgIpc) is 3.44. The first-order valence-electron chi connectivity index (χ1n) is 8.39. The van der Waals surface area contributed by atoms with Gasteiger partial charge in [0.25, 0.3) is 0 Å². The maximum atomic E-state index is 12.6. The van der Waals surface area contributed by atoms with Gasteiger partial charge >= 0.3 is 0 Å². The Morgan fingerprint density at radius 3 is 2.46 bits per heavy atom. The third-order valence-electron chi connectivity index (χ3n) is 4.24. The van der Waals surface area contributed by atoms with E-state index in [0.29, 0.717) is 12.5 Å². The monoisotopic (exact) mass is 321 g/mol. The topological polar surface area (TPSA) is 29.5 Å². The molecule has 2 aromatic rings. The number of carbonyl (C=O) groups excluding carboxylic acids is 1. The van der Waals surface area contributed by atoms with E-state index in [-0.39, 0.29) is 5.91 Å². The molecule has 3 nitrogen and oxygen atoms in total. The molecule has 0 saturated heterocycles. The summed E-state index contributed by atoms with van der Waals surface area (Å²) in [6, 6.07) is 17.9. The Labute approximate surface area is 143 Å². The highest BCUT2D eigenvalue weighted by Gasteiger charge is 2.26. The molecule has 2 aromatic carbocycles. The van der Waals surface area contributed by atoms with Crippen LogP contribution in [0.15, 0.2) is 60.7 Å².